The largest absolute Gasteiger partial charge is 0.434 e. The summed E-state index contributed by atoms with van der Waals surface area (Å²) in [5.41, 5.74) is 0.859. The molecule has 1 heterocycles. The van der Waals surface area contributed by atoms with Crippen LogP contribution in [0.4, 0.5) is 11.5 Å². The van der Waals surface area contributed by atoms with Crippen molar-refractivity contribution in [3.8, 4) is 11.6 Å². The third-order valence-electron chi connectivity index (χ3n) is 3.90. The lowest BCUT2D eigenvalue weighted by Crippen LogP contribution is -2.17. The topological polar surface area (TPSA) is 90.2 Å². The minimum Gasteiger partial charge on any atom is -0.434 e. The zero-order chi connectivity index (χ0) is 16.2. The van der Waals surface area contributed by atoms with Gasteiger partial charge in [0.1, 0.15) is 12.1 Å². The summed E-state index contributed by atoms with van der Waals surface area (Å²) in [7, 11) is 0. The van der Waals surface area contributed by atoms with Gasteiger partial charge in [-0.3, -0.25) is 10.1 Å². The van der Waals surface area contributed by atoms with E-state index in [1.807, 2.05) is 19.1 Å². The Morgan fingerprint density at radius 2 is 1.91 bits per heavy atom. The lowest BCUT2D eigenvalue weighted by Gasteiger charge is -2.13. The highest BCUT2D eigenvalue weighted by molar-refractivity contribution is 5.62. The number of rotatable bonds is 5. The molecule has 1 N–H and O–H groups in total. The van der Waals surface area contributed by atoms with Crippen molar-refractivity contribution in [2.45, 2.75) is 38.6 Å². The highest BCUT2D eigenvalue weighted by atomic mass is 16.6. The van der Waals surface area contributed by atoms with Crippen molar-refractivity contribution in [3.05, 3.63) is 46.3 Å². The number of benzene rings is 1. The first-order valence-corrected chi connectivity index (χ1v) is 7.64. The highest BCUT2D eigenvalue weighted by Gasteiger charge is 2.27. The zero-order valence-corrected chi connectivity index (χ0v) is 12.9. The van der Waals surface area contributed by atoms with Gasteiger partial charge in [-0.25, -0.2) is 4.98 Å². The zero-order valence-electron chi connectivity index (χ0n) is 12.9. The van der Waals surface area contributed by atoms with E-state index in [4.69, 9.17) is 4.74 Å². The smallest absolute Gasteiger partial charge is 0.373 e. The molecule has 0 bridgehead atoms. The number of nitrogens with one attached hydrogen (secondary N) is 1. The minimum absolute atomic E-state index is 0.0469. The van der Waals surface area contributed by atoms with Gasteiger partial charge in [0.15, 0.2) is 0 Å². The summed E-state index contributed by atoms with van der Waals surface area (Å²) in [6, 6.07) is 7.48. The van der Waals surface area contributed by atoms with Gasteiger partial charge in [0.2, 0.25) is 5.82 Å². The van der Waals surface area contributed by atoms with Crippen molar-refractivity contribution in [3.63, 3.8) is 0 Å². The lowest BCUT2D eigenvalue weighted by molar-refractivity contribution is -0.385. The van der Waals surface area contributed by atoms with Gasteiger partial charge >= 0.3 is 11.6 Å². The predicted octanol–water partition coefficient (Wildman–Crippen LogP) is 3.84. The summed E-state index contributed by atoms with van der Waals surface area (Å²) in [5.74, 6) is 0.678. The number of nitro groups is 1. The standard InChI is InChI=1S/C16H18N4O3/c1-11-6-8-13(9-7-11)23-16-14(20(21)22)15(17-10-18-16)19-12-4-2-3-5-12/h6-10,12H,2-5H2,1H3,(H,17,18,19). The SMILES string of the molecule is Cc1ccc(Oc2ncnc(NC3CCCC3)c2[N+](=O)[O-])cc1. The summed E-state index contributed by atoms with van der Waals surface area (Å²) in [4.78, 5) is 18.9. The van der Waals surface area contributed by atoms with Crippen LogP contribution in [0.3, 0.4) is 0 Å². The van der Waals surface area contributed by atoms with Gasteiger partial charge in [0, 0.05) is 6.04 Å². The Hall–Kier alpha value is -2.70. The van der Waals surface area contributed by atoms with E-state index >= 15 is 0 Å². The molecular weight excluding hydrogens is 296 g/mol. The fourth-order valence-corrected chi connectivity index (χ4v) is 2.69. The van der Waals surface area contributed by atoms with Crippen LogP contribution < -0.4 is 10.1 Å². The van der Waals surface area contributed by atoms with E-state index < -0.39 is 4.92 Å². The predicted molar refractivity (Wildman–Crippen MR) is 85.8 cm³/mol. The third-order valence-corrected chi connectivity index (χ3v) is 3.90. The van der Waals surface area contributed by atoms with E-state index in [1.54, 1.807) is 12.1 Å². The van der Waals surface area contributed by atoms with Crippen molar-refractivity contribution in [2.75, 3.05) is 5.32 Å². The molecule has 120 valence electrons. The van der Waals surface area contributed by atoms with E-state index in [0.717, 1.165) is 31.2 Å². The van der Waals surface area contributed by atoms with E-state index in [0.29, 0.717) is 5.75 Å². The molecule has 23 heavy (non-hydrogen) atoms. The van der Waals surface area contributed by atoms with Gasteiger partial charge in [0.05, 0.1) is 4.92 Å². The van der Waals surface area contributed by atoms with Crippen LogP contribution in [-0.2, 0) is 0 Å². The fraction of sp³-hybridized carbons (Fsp3) is 0.375. The molecule has 0 unspecified atom stereocenters. The number of anilines is 1. The molecule has 0 amide bonds. The molecule has 7 nitrogen and oxygen atoms in total. The molecule has 1 aromatic carbocycles. The minimum atomic E-state index is -0.499. The number of ether oxygens (including phenoxy) is 1. The summed E-state index contributed by atoms with van der Waals surface area (Å²) in [6.07, 6.45) is 5.53. The maximum Gasteiger partial charge on any atom is 0.373 e. The summed E-state index contributed by atoms with van der Waals surface area (Å²) >= 11 is 0. The molecular formula is C16H18N4O3. The first kappa shape index (κ1) is 15.2. The number of hydrogen-bond acceptors (Lipinski definition) is 6. The first-order chi connectivity index (χ1) is 11.1. The molecule has 0 aliphatic heterocycles. The maximum atomic E-state index is 11.5. The molecule has 3 rings (SSSR count). The Bertz CT molecular complexity index is 697. The van der Waals surface area contributed by atoms with Gasteiger partial charge < -0.3 is 10.1 Å². The van der Waals surface area contributed by atoms with Crippen molar-refractivity contribution >= 4 is 11.5 Å². The second-order valence-electron chi connectivity index (χ2n) is 5.67. The van der Waals surface area contributed by atoms with Crippen LogP contribution in [0, 0.1) is 17.0 Å². The van der Waals surface area contributed by atoms with Crippen molar-refractivity contribution in [1.82, 2.24) is 9.97 Å². The van der Waals surface area contributed by atoms with Gasteiger partial charge in [-0.05, 0) is 31.9 Å². The van der Waals surface area contributed by atoms with Crippen LogP contribution in [0.2, 0.25) is 0 Å². The van der Waals surface area contributed by atoms with E-state index in [-0.39, 0.29) is 23.4 Å². The molecule has 0 atom stereocenters. The van der Waals surface area contributed by atoms with Gasteiger partial charge in [-0.2, -0.15) is 4.98 Å². The summed E-state index contributed by atoms with van der Waals surface area (Å²) in [6.45, 7) is 1.96. The average molecular weight is 314 g/mol. The van der Waals surface area contributed by atoms with Crippen molar-refractivity contribution in [2.24, 2.45) is 0 Å². The Morgan fingerprint density at radius 3 is 2.57 bits per heavy atom. The number of aromatic nitrogens is 2. The Labute approximate surface area is 133 Å². The highest BCUT2D eigenvalue weighted by Crippen LogP contribution is 2.35. The molecule has 1 aromatic heterocycles. The molecule has 0 spiro atoms. The van der Waals surface area contributed by atoms with Crippen LogP contribution in [0.15, 0.2) is 30.6 Å². The van der Waals surface area contributed by atoms with Crippen LogP contribution in [-0.4, -0.2) is 20.9 Å². The molecule has 0 saturated heterocycles. The molecule has 1 aliphatic carbocycles. The fourth-order valence-electron chi connectivity index (χ4n) is 2.69. The average Bonchev–Trinajstić information content (AvgIpc) is 3.02. The van der Waals surface area contributed by atoms with E-state index in [2.05, 4.69) is 15.3 Å². The van der Waals surface area contributed by atoms with Crippen molar-refractivity contribution in [1.29, 1.82) is 0 Å². The van der Waals surface area contributed by atoms with Crippen LogP contribution in [0.5, 0.6) is 11.6 Å². The maximum absolute atomic E-state index is 11.5. The normalized spacial score (nSPS) is 14.7. The number of nitrogens with zero attached hydrogens (tertiary/aromatic N) is 3. The monoisotopic (exact) mass is 314 g/mol. The third kappa shape index (κ3) is 3.56. The quantitative estimate of drug-likeness (QED) is 0.666. The number of aryl methyl sites for hydroxylation is 1. The molecule has 1 saturated carbocycles. The second-order valence-corrected chi connectivity index (χ2v) is 5.67. The van der Waals surface area contributed by atoms with Gasteiger partial charge in [-0.15, -0.1) is 0 Å². The van der Waals surface area contributed by atoms with E-state index in [1.165, 1.54) is 6.33 Å². The van der Waals surface area contributed by atoms with Crippen molar-refractivity contribution < 1.29 is 9.66 Å². The van der Waals surface area contributed by atoms with Crippen LogP contribution >= 0.6 is 0 Å². The van der Waals surface area contributed by atoms with Gasteiger partial charge in [-0.1, -0.05) is 30.5 Å². The molecule has 1 aliphatic rings. The van der Waals surface area contributed by atoms with Crippen LogP contribution in [0.1, 0.15) is 31.2 Å². The Balaban J connectivity index is 1.89. The Morgan fingerprint density at radius 1 is 1.22 bits per heavy atom. The van der Waals surface area contributed by atoms with E-state index in [9.17, 15) is 10.1 Å². The summed E-state index contributed by atoms with van der Waals surface area (Å²) < 4.78 is 5.60. The summed E-state index contributed by atoms with van der Waals surface area (Å²) in [5, 5.41) is 14.6. The molecule has 7 heteroatoms. The number of hydrogen-bond donors (Lipinski definition) is 1. The molecule has 2 aromatic rings. The first-order valence-electron chi connectivity index (χ1n) is 7.64. The van der Waals surface area contributed by atoms with Crippen LogP contribution in [0.25, 0.3) is 0 Å². The second kappa shape index (κ2) is 6.60. The molecule has 0 radical (unpaired) electrons. The lowest BCUT2D eigenvalue weighted by atomic mass is 10.2. The van der Waals surface area contributed by atoms with Gasteiger partial charge in [0.25, 0.3) is 0 Å². The molecule has 1 fully saturated rings. The Kier molecular flexibility index (Phi) is 4.36.